The molecule has 0 saturated carbocycles. The van der Waals surface area contributed by atoms with E-state index < -0.39 is 0 Å². The van der Waals surface area contributed by atoms with E-state index in [1.54, 1.807) is 11.1 Å². The zero-order valence-electron chi connectivity index (χ0n) is 14.0. The number of nitrogens with zero attached hydrogens (tertiary/aromatic N) is 1. The Morgan fingerprint density at radius 1 is 1.04 bits per heavy atom. The SMILES string of the molecule is Cc1ccc(CN2CCc3ccccc3C2)c2c1CC[C@@H](N)C2. The minimum absolute atomic E-state index is 0.338. The van der Waals surface area contributed by atoms with Gasteiger partial charge < -0.3 is 5.73 Å². The van der Waals surface area contributed by atoms with Crippen LogP contribution in [0, 0.1) is 6.92 Å². The van der Waals surface area contributed by atoms with Gasteiger partial charge in [-0.05, 0) is 66.0 Å². The van der Waals surface area contributed by atoms with E-state index in [4.69, 9.17) is 5.73 Å². The van der Waals surface area contributed by atoms with Gasteiger partial charge in [0.1, 0.15) is 0 Å². The van der Waals surface area contributed by atoms with Crippen LogP contribution in [0.1, 0.15) is 39.8 Å². The molecule has 0 amide bonds. The maximum absolute atomic E-state index is 6.25. The van der Waals surface area contributed by atoms with Crippen LogP contribution in [0.25, 0.3) is 0 Å². The summed E-state index contributed by atoms with van der Waals surface area (Å²) in [4.78, 5) is 2.59. The number of nitrogens with two attached hydrogens (primary N) is 1. The highest BCUT2D eigenvalue weighted by atomic mass is 15.1. The lowest BCUT2D eigenvalue weighted by molar-refractivity contribution is 0.244. The first-order valence-corrected chi connectivity index (χ1v) is 8.85. The molecule has 2 heteroatoms. The molecule has 0 saturated heterocycles. The summed E-state index contributed by atoms with van der Waals surface area (Å²) in [6.45, 7) is 5.54. The first-order chi connectivity index (χ1) is 11.2. The molecule has 0 fully saturated rings. The van der Waals surface area contributed by atoms with Crippen molar-refractivity contribution in [2.45, 2.75) is 51.7 Å². The Bertz CT molecular complexity index is 720. The van der Waals surface area contributed by atoms with Crippen molar-refractivity contribution < 1.29 is 0 Å². The Labute approximate surface area is 139 Å². The Morgan fingerprint density at radius 3 is 2.74 bits per heavy atom. The largest absolute Gasteiger partial charge is 0.327 e. The van der Waals surface area contributed by atoms with E-state index in [2.05, 4.69) is 48.2 Å². The zero-order chi connectivity index (χ0) is 15.8. The first-order valence-electron chi connectivity index (χ1n) is 8.85. The Kier molecular flexibility index (Phi) is 3.96. The van der Waals surface area contributed by atoms with Crippen LogP contribution in [-0.2, 0) is 32.4 Å². The van der Waals surface area contributed by atoms with Crippen LogP contribution in [0.4, 0.5) is 0 Å². The summed E-state index contributed by atoms with van der Waals surface area (Å²) >= 11 is 0. The molecule has 2 N–H and O–H groups in total. The molecule has 0 aromatic heterocycles. The third-order valence-electron chi connectivity index (χ3n) is 5.60. The second-order valence-electron chi connectivity index (χ2n) is 7.23. The molecule has 0 bridgehead atoms. The fraction of sp³-hybridized carbons (Fsp3) is 0.429. The van der Waals surface area contributed by atoms with Crippen LogP contribution in [0.3, 0.4) is 0 Å². The van der Waals surface area contributed by atoms with Gasteiger partial charge in [-0.1, -0.05) is 36.4 Å². The molecule has 0 unspecified atom stereocenters. The summed E-state index contributed by atoms with van der Waals surface area (Å²) in [6, 6.07) is 13.9. The summed E-state index contributed by atoms with van der Waals surface area (Å²) < 4.78 is 0. The third kappa shape index (κ3) is 2.93. The average Bonchev–Trinajstić information content (AvgIpc) is 2.57. The maximum atomic E-state index is 6.25. The van der Waals surface area contributed by atoms with E-state index in [0.29, 0.717) is 6.04 Å². The van der Waals surface area contributed by atoms with Gasteiger partial charge in [0.15, 0.2) is 0 Å². The second kappa shape index (κ2) is 6.10. The quantitative estimate of drug-likeness (QED) is 0.922. The number of aryl methyl sites for hydroxylation is 1. The molecule has 1 aliphatic carbocycles. The molecule has 23 heavy (non-hydrogen) atoms. The van der Waals surface area contributed by atoms with Crippen molar-refractivity contribution in [3.05, 3.63) is 69.8 Å². The standard InChI is InChI=1S/C21H26N2/c1-15-6-7-18(21-12-19(22)8-9-20(15)21)14-23-11-10-16-4-2-3-5-17(16)13-23/h2-7,19H,8-14,22H2,1H3/t19-/m1/s1. The number of hydrogen-bond acceptors (Lipinski definition) is 2. The molecule has 0 spiro atoms. The molecule has 1 aliphatic heterocycles. The van der Waals surface area contributed by atoms with Crippen molar-refractivity contribution in [2.24, 2.45) is 5.73 Å². The van der Waals surface area contributed by atoms with Gasteiger partial charge >= 0.3 is 0 Å². The minimum Gasteiger partial charge on any atom is -0.327 e. The van der Waals surface area contributed by atoms with Crippen LogP contribution in [0.15, 0.2) is 36.4 Å². The summed E-state index contributed by atoms with van der Waals surface area (Å²) in [7, 11) is 0. The van der Waals surface area contributed by atoms with Crippen molar-refractivity contribution in [1.29, 1.82) is 0 Å². The van der Waals surface area contributed by atoms with Crippen molar-refractivity contribution in [1.82, 2.24) is 4.90 Å². The number of rotatable bonds is 2. The van der Waals surface area contributed by atoms with Gasteiger partial charge in [-0.25, -0.2) is 0 Å². The second-order valence-corrected chi connectivity index (χ2v) is 7.23. The van der Waals surface area contributed by atoms with Gasteiger partial charge in [0, 0.05) is 25.7 Å². The molecule has 0 radical (unpaired) electrons. The fourth-order valence-corrected chi connectivity index (χ4v) is 4.23. The molecular formula is C21H26N2. The Hall–Kier alpha value is -1.64. The predicted octanol–water partition coefficient (Wildman–Crippen LogP) is 3.37. The lowest BCUT2D eigenvalue weighted by atomic mass is 9.83. The summed E-state index contributed by atoms with van der Waals surface area (Å²) in [5, 5.41) is 0. The molecule has 120 valence electrons. The smallest absolute Gasteiger partial charge is 0.0240 e. The van der Waals surface area contributed by atoms with Crippen LogP contribution in [-0.4, -0.2) is 17.5 Å². The van der Waals surface area contributed by atoms with Crippen LogP contribution >= 0.6 is 0 Å². The van der Waals surface area contributed by atoms with Crippen molar-refractivity contribution >= 4 is 0 Å². The molecule has 4 rings (SSSR count). The summed E-state index contributed by atoms with van der Waals surface area (Å²) in [5.41, 5.74) is 15.3. The predicted molar refractivity (Wildman–Crippen MR) is 95.4 cm³/mol. The van der Waals surface area contributed by atoms with Gasteiger partial charge in [0.05, 0.1) is 0 Å². The van der Waals surface area contributed by atoms with Crippen LogP contribution in [0.5, 0.6) is 0 Å². The lowest BCUT2D eigenvalue weighted by Crippen LogP contribution is -2.32. The van der Waals surface area contributed by atoms with E-state index >= 15 is 0 Å². The topological polar surface area (TPSA) is 29.3 Å². The van der Waals surface area contributed by atoms with Gasteiger partial charge in [-0.15, -0.1) is 0 Å². The molecule has 2 aromatic rings. The highest BCUT2D eigenvalue weighted by Crippen LogP contribution is 2.29. The normalized spacial score (nSPS) is 20.9. The molecule has 1 atom stereocenters. The van der Waals surface area contributed by atoms with Crippen LogP contribution < -0.4 is 5.73 Å². The Morgan fingerprint density at radius 2 is 1.87 bits per heavy atom. The number of benzene rings is 2. The summed E-state index contributed by atoms with van der Waals surface area (Å²) in [6.07, 6.45) is 4.51. The molecule has 2 nitrogen and oxygen atoms in total. The van der Waals surface area contributed by atoms with E-state index in [1.807, 2.05) is 0 Å². The van der Waals surface area contributed by atoms with Gasteiger partial charge in [0.2, 0.25) is 0 Å². The van der Waals surface area contributed by atoms with Gasteiger partial charge in [-0.3, -0.25) is 4.90 Å². The lowest BCUT2D eigenvalue weighted by Gasteiger charge is -2.31. The highest BCUT2D eigenvalue weighted by molar-refractivity contribution is 5.43. The molecule has 2 aromatic carbocycles. The van der Waals surface area contributed by atoms with E-state index in [1.165, 1.54) is 28.7 Å². The molecular weight excluding hydrogens is 280 g/mol. The average molecular weight is 306 g/mol. The highest BCUT2D eigenvalue weighted by Gasteiger charge is 2.22. The van der Waals surface area contributed by atoms with Gasteiger partial charge in [-0.2, -0.15) is 0 Å². The van der Waals surface area contributed by atoms with Crippen molar-refractivity contribution in [3.8, 4) is 0 Å². The zero-order valence-corrected chi connectivity index (χ0v) is 14.0. The van der Waals surface area contributed by atoms with E-state index in [-0.39, 0.29) is 0 Å². The van der Waals surface area contributed by atoms with Gasteiger partial charge in [0.25, 0.3) is 0 Å². The Balaban J connectivity index is 1.58. The maximum Gasteiger partial charge on any atom is 0.0240 e. The van der Waals surface area contributed by atoms with E-state index in [0.717, 1.165) is 38.9 Å². The minimum atomic E-state index is 0.338. The monoisotopic (exact) mass is 306 g/mol. The molecule has 2 aliphatic rings. The summed E-state index contributed by atoms with van der Waals surface area (Å²) in [5.74, 6) is 0. The van der Waals surface area contributed by atoms with Crippen molar-refractivity contribution in [2.75, 3.05) is 6.54 Å². The third-order valence-corrected chi connectivity index (χ3v) is 5.60. The van der Waals surface area contributed by atoms with Crippen LogP contribution in [0.2, 0.25) is 0 Å². The number of hydrogen-bond donors (Lipinski definition) is 1. The fourth-order valence-electron chi connectivity index (χ4n) is 4.23. The number of fused-ring (bicyclic) bond motifs is 2. The van der Waals surface area contributed by atoms with Crippen molar-refractivity contribution in [3.63, 3.8) is 0 Å². The molecule has 1 heterocycles. The van der Waals surface area contributed by atoms with E-state index in [9.17, 15) is 0 Å². The first kappa shape index (κ1) is 14.9.